The van der Waals surface area contributed by atoms with Gasteiger partial charge in [-0.05, 0) is 75.4 Å². The number of rotatable bonds is 13. The Hall–Kier alpha value is -4.56. The lowest BCUT2D eigenvalue weighted by Gasteiger charge is -2.33. The van der Waals surface area contributed by atoms with E-state index in [4.69, 9.17) is 16.3 Å². The zero-order valence-electron chi connectivity index (χ0n) is 28.4. The van der Waals surface area contributed by atoms with Crippen molar-refractivity contribution < 1.29 is 41.4 Å². The summed E-state index contributed by atoms with van der Waals surface area (Å²) in [5.74, 6) is -5.81. The number of carboxylic acid groups (broad SMARTS) is 1. The number of fused-ring (bicyclic) bond motifs is 1. The molecular weight excluding hydrogens is 694 g/mol. The van der Waals surface area contributed by atoms with E-state index in [0.29, 0.717) is 16.1 Å². The van der Waals surface area contributed by atoms with Gasteiger partial charge in [-0.15, -0.1) is 0 Å². The number of anilines is 1. The number of ether oxygens (including phenoxy) is 1. The minimum absolute atomic E-state index is 0.0728. The van der Waals surface area contributed by atoms with Gasteiger partial charge in [0.1, 0.15) is 17.1 Å². The molecule has 0 saturated carbocycles. The van der Waals surface area contributed by atoms with E-state index in [9.17, 15) is 27.9 Å². The van der Waals surface area contributed by atoms with E-state index < -0.39 is 68.4 Å². The van der Waals surface area contributed by atoms with E-state index in [0.717, 1.165) is 12.1 Å². The van der Waals surface area contributed by atoms with Crippen LogP contribution in [0.1, 0.15) is 70.3 Å². The fourth-order valence-electron chi connectivity index (χ4n) is 5.58. The number of carboxylic acids is 1. The number of nitrogens with zero attached hydrogens (tertiary/aromatic N) is 2. The van der Waals surface area contributed by atoms with Crippen LogP contribution in [0.25, 0.3) is 22.2 Å². The lowest BCUT2D eigenvalue weighted by Crippen LogP contribution is -2.58. The third kappa shape index (κ3) is 8.77. The number of alkyl carbamates (subject to hydrolysis) is 1. The van der Waals surface area contributed by atoms with Crippen molar-refractivity contribution >= 4 is 56.2 Å². The predicted molar refractivity (Wildman–Crippen MR) is 187 cm³/mol. The summed E-state index contributed by atoms with van der Waals surface area (Å²) in [5, 5.41) is 13.7. The molecule has 268 valence electrons. The van der Waals surface area contributed by atoms with Crippen molar-refractivity contribution in [1.29, 1.82) is 0 Å². The largest absolute Gasteiger partial charge is 0.479 e. The van der Waals surface area contributed by atoms with Gasteiger partial charge in [0.25, 0.3) is 0 Å². The highest BCUT2D eigenvalue weighted by Gasteiger charge is 2.43. The van der Waals surface area contributed by atoms with Gasteiger partial charge in [0.2, 0.25) is 15.8 Å². The molecule has 0 saturated heterocycles. The molecule has 50 heavy (non-hydrogen) atoms. The molecule has 0 fully saturated rings. The van der Waals surface area contributed by atoms with Gasteiger partial charge in [0.15, 0.2) is 11.4 Å². The second-order valence-electron chi connectivity index (χ2n) is 13.4. The van der Waals surface area contributed by atoms with Crippen LogP contribution in [0.4, 0.5) is 19.3 Å². The Morgan fingerprint density at radius 3 is 2.30 bits per heavy atom. The van der Waals surface area contributed by atoms with Crippen LogP contribution in [0.2, 0.25) is 5.02 Å². The number of hydrogen-bond donors (Lipinski definition) is 3. The number of benzene rings is 2. The summed E-state index contributed by atoms with van der Waals surface area (Å²) >= 11 is 6.06. The Morgan fingerprint density at radius 1 is 1.06 bits per heavy atom. The molecule has 11 nitrogen and oxygen atoms in total. The molecule has 1 amide bonds. The number of halogens is 3. The Morgan fingerprint density at radius 2 is 1.72 bits per heavy atom. The van der Waals surface area contributed by atoms with E-state index >= 15 is 8.78 Å². The van der Waals surface area contributed by atoms with Crippen LogP contribution in [-0.2, 0) is 26.1 Å². The van der Waals surface area contributed by atoms with E-state index in [2.05, 4.69) is 15.0 Å². The summed E-state index contributed by atoms with van der Waals surface area (Å²) in [4.78, 5) is 44.6. The monoisotopic (exact) mass is 732 g/mol. The highest BCUT2D eigenvalue weighted by molar-refractivity contribution is 7.92. The average molecular weight is 733 g/mol. The normalized spacial score (nSPS) is 13.2. The Balaban J connectivity index is 1.94. The van der Waals surface area contributed by atoms with Gasteiger partial charge in [-0.25, -0.2) is 31.8 Å². The van der Waals surface area contributed by atoms with Gasteiger partial charge in [-0.1, -0.05) is 44.5 Å². The van der Waals surface area contributed by atoms with Gasteiger partial charge >= 0.3 is 12.1 Å². The molecule has 2 heterocycles. The number of nitrogens with one attached hydrogen (secondary N) is 2. The predicted octanol–water partition coefficient (Wildman–Crippen LogP) is 7.41. The topological polar surface area (TPSA) is 157 Å². The minimum Gasteiger partial charge on any atom is -0.479 e. The van der Waals surface area contributed by atoms with Crippen LogP contribution in [0.3, 0.4) is 0 Å². The fourth-order valence-corrected chi connectivity index (χ4v) is 6.84. The zero-order valence-corrected chi connectivity index (χ0v) is 30.0. The highest BCUT2D eigenvalue weighted by Crippen LogP contribution is 2.33. The molecule has 0 spiro atoms. The second kappa shape index (κ2) is 14.7. The maximum absolute atomic E-state index is 15.9. The summed E-state index contributed by atoms with van der Waals surface area (Å²) in [6, 6.07) is 9.92. The van der Waals surface area contributed by atoms with Crippen molar-refractivity contribution in [3.05, 3.63) is 82.6 Å². The van der Waals surface area contributed by atoms with Crippen LogP contribution in [0.5, 0.6) is 0 Å². The number of aliphatic carboxylic acids is 1. The van der Waals surface area contributed by atoms with Crippen LogP contribution >= 0.6 is 11.6 Å². The van der Waals surface area contributed by atoms with Crippen molar-refractivity contribution in [2.75, 3.05) is 10.5 Å². The third-order valence-electron chi connectivity index (χ3n) is 7.54. The smallest absolute Gasteiger partial charge is 0.408 e. The standard InChI is InChI=1S/C35H39ClF2N4O7S/c1-7-14-50(47,48)41-27-13-12-26(37)28(29(27)38)30(43)25-18-42(31-24(25)15-22(17-39-31)21-8-10-23(36)11-9-21)19-35(32(44)45,16-20(2)3)40-33(46)49-34(4,5)6/h8-13,15,17-18,20,41H,7,14,16,19H2,1-6H3,(H,40,46)(H,44,45). The Labute approximate surface area is 294 Å². The molecule has 0 aliphatic heterocycles. The first-order valence-corrected chi connectivity index (χ1v) is 17.8. The van der Waals surface area contributed by atoms with Gasteiger partial charge in [-0.3, -0.25) is 9.52 Å². The quantitative estimate of drug-likeness (QED) is 0.120. The first kappa shape index (κ1) is 38.2. The molecular formula is C35H39ClF2N4O7S. The van der Waals surface area contributed by atoms with E-state index in [1.807, 2.05) is 0 Å². The maximum atomic E-state index is 15.9. The molecule has 0 bridgehead atoms. The summed E-state index contributed by atoms with van der Waals surface area (Å²) in [7, 11) is -4.00. The van der Waals surface area contributed by atoms with E-state index in [1.54, 1.807) is 71.9 Å². The van der Waals surface area contributed by atoms with Crippen molar-refractivity contribution in [2.24, 2.45) is 5.92 Å². The van der Waals surface area contributed by atoms with Crippen LogP contribution in [0.15, 0.2) is 54.9 Å². The number of ketones is 1. The minimum atomic E-state index is -4.00. The molecule has 0 aliphatic carbocycles. The van der Waals surface area contributed by atoms with Gasteiger partial charge in [0, 0.05) is 33.9 Å². The first-order valence-electron chi connectivity index (χ1n) is 15.8. The molecule has 0 radical (unpaired) electrons. The number of hydrogen-bond acceptors (Lipinski definition) is 7. The van der Waals surface area contributed by atoms with Crippen LogP contribution < -0.4 is 10.0 Å². The first-order chi connectivity index (χ1) is 23.3. The van der Waals surface area contributed by atoms with Gasteiger partial charge < -0.3 is 19.7 Å². The number of sulfonamides is 1. The Bertz CT molecular complexity index is 2040. The number of carbonyl (C=O) groups is 3. The molecule has 0 aliphatic rings. The fraction of sp³-hybridized carbons (Fsp3) is 0.371. The lowest BCUT2D eigenvalue weighted by atomic mass is 9.88. The van der Waals surface area contributed by atoms with Crippen molar-refractivity contribution in [3.63, 3.8) is 0 Å². The maximum Gasteiger partial charge on any atom is 0.408 e. The highest BCUT2D eigenvalue weighted by atomic mass is 35.5. The van der Waals surface area contributed by atoms with Gasteiger partial charge in [0.05, 0.1) is 23.5 Å². The molecule has 2 aromatic heterocycles. The summed E-state index contributed by atoms with van der Waals surface area (Å²) in [5.41, 5.74) is -3.60. The van der Waals surface area contributed by atoms with E-state index in [-0.39, 0.29) is 41.1 Å². The van der Waals surface area contributed by atoms with Gasteiger partial charge in [-0.2, -0.15) is 0 Å². The molecule has 4 rings (SSSR count). The molecule has 15 heteroatoms. The molecule has 1 unspecified atom stereocenters. The number of pyridine rings is 1. The summed E-state index contributed by atoms with van der Waals surface area (Å²) in [6.45, 7) is 9.55. The molecule has 4 aromatic rings. The average Bonchev–Trinajstić information content (AvgIpc) is 3.34. The van der Waals surface area contributed by atoms with E-state index in [1.165, 1.54) is 17.0 Å². The zero-order chi connectivity index (χ0) is 37.2. The van der Waals surface area contributed by atoms with Crippen LogP contribution in [-0.4, -0.2) is 57.8 Å². The van der Waals surface area contributed by atoms with Crippen molar-refractivity contribution in [3.8, 4) is 11.1 Å². The number of amides is 1. The number of carbonyl (C=O) groups excluding carboxylic acids is 2. The summed E-state index contributed by atoms with van der Waals surface area (Å²) in [6.07, 6.45) is 1.86. The molecule has 2 aromatic carbocycles. The Kier molecular flexibility index (Phi) is 11.3. The third-order valence-corrected chi connectivity index (χ3v) is 9.27. The number of aromatic nitrogens is 2. The summed E-state index contributed by atoms with van der Waals surface area (Å²) < 4.78 is 64.8. The lowest BCUT2D eigenvalue weighted by molar-refractivity contribution is -0.146. The van der Waals surface area contributed by atoms with Crippen molar-refractivity contribution in [2.45, 2.75) is 72.1 Å². The molecule has 3 N–H and O–H groups in total. The SMILES string of the molecule is CCCS(=O)(=O)Nc1ccc(F)c(C(=O)c2cn(CC(CC(C)C)(NC(=O)OC(C)(C)C)C(=O)O)c3ncc(-c4ccc(Cl)cc4)cc23)c1F. The molecule has 1 atom stereocenters. The van der Waals surface area contributed by atoms with Crippen LogP contribution in [0, 0.1) is 17.6 Å². The second-order valence-corrected chi connectivity index (χ2v) is 15.7. The van der Waals surface area contributed by atoms with Crippen molar-refractivity contribution in [1.82, 2.24) is 14.9 Å².